The van der Waals surface area contributed by atoms with Crippen molar-refractivity contribution in [1.82, 2.24) is 0 Å². The van der Waals surface area contributed by atoms with Crippen LogP contribution in [0.15, 0.2) is 206 Å². The minimum absolute atomic E-state index is 0.118. The van der Waals surface area contributed by atoms with Crippen molar-refractivity contribution in [2.24, 2.45) is 0 Å². The van der Waals surface area contributed by atoms with Crippen LogP contribution >= 0.6 is 0 Å². The summed E-state index contributed by atoms with van der Waals surface area (Å²) in [6.45, 7) is 9.50. The van der Waals surface area contributed by atoms with Crippen LogP contribution in [-0.4, -0.2) is 14.5 Å². The summed E-state index contributed by atoms with van der Waals surface area (Å²) in [5, 5.41) is 7.86. The summed E-state index contributed by atoms with van der Waals surface area (Å²) in [6.07, 6.45) is 0. The summed E-state index contributed by atoms with van der Waals surface area (Å²) >= 11 is 0.162. The van der Waals surface area contributed by atoms with Crippen molar-refractivity contribution >= 4 is 89.5 Å². The van der Waals surface area contributed by atoms with Crippen LogP contribution in [0.3, 0.4) is 0 Å². The molecule has 0 spiro atoms. The molecule has 10 aromatic carbocycles. The molecule has 0 saturated heterocycles. The Morgan fingerprint density at radius 1 is 0.338 bits per heavy atom. The van der Waals surface area contributed by atoms with E-state index in [1.54, 1.807) is 0 Å². The van der Waals surface area contributed by atoms with Crippen LogP contribution in [0.25, 0.3) is 63.1 Å². The van der Waals surface area contributed by atoms with Crippen molar-refractivity contribution in [1.29, 1.82) is 0 Å². The van der Waals surface area contributed by atoms with Crippen molar-refractivity contribution in [3.05, 3.63) is 229 Å². The maximum atomic E-state index is 2.50. The molecule has 0 aliphatic heterocycles. The fourth-order valence-corrected chi connectivity index (χ4v) is 14.1. The molecule has 2 nitrogen and oxygen atoms in total. The molecule has 0 amide bonds. The number of fused-ring (bicyclic) bond motifs is 13. The first kappa shape index (κ1) is 38.3. The van der Waals surface area contributed by atoms with Gasteiger partial charge in [0.25, 0.3) is 0 Å². The summed E-state index contributed by atoms with van der Waals surface area (Å²) in [5.74, 6) is 0. The molecule has 11 aromatic rings. The Hall–Kier alpha value is -7.16. The zero-order chi connectivity index (χ0) is 43.6. The number of rotatable bonds is 6. The molecule has 13 rings (SSSR count). The van der Waals surface area contributed by atoms with Gasteiger partial charge in [0.1, 0.15) is 0 Å². The van der Waals surface area contributed by atoms with Crippen molar-refractivity contribution in [2.75, 3.05) is 9.80 Å². The van der Waals surface area contributed by atoms with Crippen LogP contribution in [0.5, 0.6) is 0 Å². The van der Waals surface area contributed by atoms with E-state index in [-0.39, 0.29) is 25.3 Å². The van der Waals surface area contributed by atoms with Crippen molar-refractivity contribution in [3.8, 4) is 22.3 Å². The average molecular weight is 898 g/mol. The molecule has 0 N–H and O–H groups in total. The molecule has 0 atom stereocenters. The van der Waals surface area contributed by atoms with Gasteiger partial charge in [-0.3, -0.25) is 0 Å². The van der Waals surface area contributed by atoms with Gasteiger partial charge in [-0.15, -0.1) is 0 Å². The van der Waals surface area contributed by atoms with Gasteiger partial charge in [-0.25, -0.2) is 0 Å². The molecule has 2 aliphatic carbocycles. The Morgan fingerprint density at radius 3 is 1.48 bits per heavy atom. The van der Waals surface area contributed by atoms with E-state index in [2.05, 4.69) is 244 Å². The topological polar surface area (TPSA) is 6.48 Å². The van der Waals surface area contributed by atoms with E-state index >= 15 is 0 Å². The standard InChI is InChI=1S/C62H46N2Se/c1-61(2)53-24-14-11-21-45(53)47-32-28-43(37-55(47)61)63(40-17-7-5-8-18-40)42-30-34-49-52(36-42)59-39(27-31-51-50-23-13-16-26-58(50)65-60(51)59)35-57(49)64(41-19-9-6-10-20-41)44-29-33-48-46-22-12-15-25-54(46)62(3,4)56(48)38-44/h5-38H,1-4H3. The Balaban J connectivity index is 1.08. The van der Waals surface area contributed by atoms with E-state index in [1.165, 1.54) is 91.0 Å². The van der Waals surface area contributed by atoms with Crippen molar-refractivity contribution < 1.29 is 0 Å². The van der Waals surface area contributed by atoms with E-state index in [0.29, 0.717) is 0 Å². The monoisotopic (exact) mass is 898 g/mol. The second-order valence-electron chi connectivity index (χ2n) is 18.9. The first-order chi connectivity index (χ1) is 31.8. The number of nitrogens with zero attached hydrogens (tertiary/aromatic N) is 2. The zero-order valence-corrected chi connectivity index (χ0v) is 38.6. The van der Waals surface area contributed by atoms with Crippen LogP contribution in [0.2, 0.25) is 0 Å². The van der Waals surface area contributed by atoms with E-state index < -0.39 is 0 Å². The predicted molar refractivity (Wildman–Crippen MR) is 278 cm³/mol. The number of benzene rings is 10. The number of anilines is 6. The van der Waals surface area contributed by atoms with Crippen molar-refractivity contribution in [3.63, 3.8) is 0 Å². The molecular weight excluding hydrogens is 852 g/mol. The predicted octanol–water partition coefficient (Wildman–Crippen LogP) is 16.9. The van der Waals surface area contributed by atoms with Gasteiger partial charge in [-0.2, -0.15) is 0 Å². The molecule has 0 bridgehead atoms. The Kier molecular flexibility index (Phi) is 8.35. The Morgan fingerprint density at radius 2 is 0.831 bits per heavy atom. The fourth-order valence-electron chi connectivity index (χ4n) is 11.4. The summed E-state index contributed by atoms with van der Waals surface area (Å²) in [7, 11) is 0. The first-order valence-corrected chi connectivity index (χ1v) is 24.5. The molecule has 1 aromatic heterocycles. The van der Waals surface area contributed by atoms with Gasteiger partial charge in [-0.1, -0.05) is 24.3 Å². The van der Waals surface area contributed by atoms with Crippen LogP contribution in [0, 0.1) is 0 Å². The van der Waals surface area contributed by atoms with Crippen LogP contribution < -0.4 is 9.80 Å². The molecule has 2 aliphatic rings. The molecule has 1 heterocycles. The molecule has 65 heavy (non-hydrogen) atoms. The molecule has 310 valence electrons. The van der Waals surface area contributed by atoms with Crippen LogP contribution in [0.4, 0.5) is 34.1 Å². The normalized spacial score (nSPS) is 14.1. The fraction of sp³-hybridized carbons (Fsp3) is 0.0968. The third-order valence-corrected chi connectivity index (χ3v) is 17.1. The number of hydrogen-bond acceptors (Lipinski definition) is 2. The van der Waals surface area contributed by atoms with E-state index in [0.717, 1.165) is 28.4 Å². The summed E-state index contributed by atoms with van der Waals surface area (Å²) in [6, 6.07) is 77.5. The molecule has 0 fully saturated rings. The van der Waals surface area contributed by atoms with Crippen molar-refractivity contribution in [2.45, 2.75) is 38.5 Å². The molecular formula is C62H46N2Se. The molecule has 0 radical (unpaired) electrons. The van der Waals surface area contributed by atoms with E-state index in [9.17, 15) is 0 Å². The second kappa shape index (κ2) is 14.2. The van der Waals surface area contributed by atoms with Gasteiger partial charge in [0.05, 0.1) is 0 Å². The quantitative estimate of drug-likeness (QED) is 0.121. The zero-order valence-electron chi connectivity index (χ0n) is 36.9. The van der Waals surface area contributed by atoms with Gasteiger partial charge in [0.2, 0.25) is 0 Å². The van der Waals surface area contributed by atoms with Gasteiger partial charge in [0, 0.05) is 0 Å². The van der Waals surface area contributed by atoms with Crippen LogP contribution in [-0.2, 0) is 10.8 Å². The Labute approximate surface area is 386 Å². The third kappa shape index (κ3) is 5.66. The second-order valence-corrected chi connectivity index (χ2v) is 21.1. The molecule has 0 unspecified atom stereocenters. The minimum atomic E-state index is -0.126. The van der Waals surface area contributed by atoms with Gasteiger partial charge in [0.15, 0.2) is 0 Å². The van der Waals surface area contributed by atoms with Crippen LogP contribution in [0.1, 0.15) is 49.9 Å². The number of para-hydroxylation sites is 2. The number of hydrogen-bond donors (Lipinski definition) is 0. The average Bonchev–Trinajstić information content (AvgIpc) is 3.92. The van der Waals surface area contributed by atoms with Gasteiger partial charge < -0.3 is 0 Å². The van der Waals surface area contributed by atoms with Gasteiger partial charge in [-0.05, 0) is 0 Å². The molecule has 3 heteroatoms. The van der Waals surface area contributed by atoms with E-state index in [1.807, 2.05) is 0 Å². The summed E-state index contributed by atoms with van der Waals surface area (Å²) in [5.41, 5.74) is 17.5. The maximum absolute atomic E-state index is 2.50. The SMILES string of the molecule is CC1(C)c2ccccc2-c2ccc(N(c3ccccc3)c3ccc4c(N(c5ccccc5)c5ccc6c(c5)C(C)(C)c5ccccc5-6)cc5ccc6c7ccccc7[se]c6c5c4c3)cc21. The van der Waals surface area contributed by atoms with E-state index in [4.69, 9.17) is 0 Å². The molecule has 0 saturated carbocycles. The Bertz CT molecular complexity index is 3730. The third-order valence-electron chi connectivity index (χ3n) is 14.6. The summed E-state index contributed by atoms with van der Waals surface area (Å²) in [4.78, 5) is 4.97. The summed E-state index contributed by atoms with van der Waals surface area (Å²) < 4.78 is 2.92. The van der Waals surface area contributed by atoms with Gasteiger partial charge >= 0.3 is 364 Å². The first-order valence-electron chi connectivity index (χ1n) is 22.8.